The van der Waals surface area contributed by atoms with Gasteiger partial charge in [0.1, 0.15) is 0 Å². The number of methoxy groups -OCH3 is 1. The molecular weight excluding hydrogens is 317 g/mol. The van der Waals surface area contributed by atoms with Gasteiger partial charge in [-0.05, 0) is 56.2 Å². The lowest BCUT2D eigenvalue weighted by atomic mass is 10.1. The van der Waals surface area contributed by atoms with Crippen molar-refractivity contribution in [3.63, 3.8) is 0 Å². The fourth-order valence-electron chi connectivity index (χ4n) is 2.52. The fraction of sp³-hybridized carbons (Fsp3) is 0.350. The number of aryl methyl sites for hydroxylation is 2. The predicted octanol–water partition coefficient (Wildman–Crippen LogP) is 4.83. The summed E-state index contributed by atoms with van der Waals surface area (Å²) in [5.74, 6) is -0.125. The number of hydrogen-bond acceptors (Lipinski definition) is 3. The van der Waals surface area contributed by atoms with Crippen LogP contribution in [0.5, 0.6) is 5.75 Å². The number of hydrogen-bond donors (Lipinski definition) is 0. The molecule has 0 radical (unpaired) electrons. The number of nitrogens with zero attached hydrogens (tertiary/aromatic N) is 3. The minimum absolute atomic E-state index is 0.238. The third kappa shape index (κ3) is 4.29. The molecule has 0 aliphatic heterocycles. The molecule has 5 heteroatoms. The maximum atomic E-state index is 13.6. The summed E-state index contributed by atoms with van der Waals surface area (Å²) in [4.78, 5) is 8.61. The van der Waals surface area contributed by atoms with Crippen molar-refractivity contribution in [1.82, 2.24) is 4.90 Å². The number of halogens is 1. The lowest BCUT2D eigenvalue weighted by Gasteiger charge is -2.23. The van der Waals surface area contributed by atoms with Gasteiger partial charge in [-0.25, -0.2) is 9.38 Å². The second-order valence-electron chi connectivity index (χ2n) is 6.12. The Morgan fingerprint density at radius 2 is 1.84 bits per heavy atom. The molecule has 0 N–H and O–H groups in total. The Kier molecular flexibility index (Phi) is 6.02. The van der Waals surface area contributed by atoms with E-state index in [4.69, 9.17) is 4.74 Å². The van der Waals surface area contributed by atoms with Gasteiger partial charge < -0.3 is 14.5 Å². The highest BCUT2D eigenvalue weighted by Gasteiger charge is 2.12. The van der Waals surface area contributed by atoms with Crippen LogP contribution < -0.4 is 9.64 Å². The van der Waals surface area contributed by atoms with E-state index in [-0.39, 0.29) is 11.6 Å². The minimum Gasteiger partial charge on any atom is -0.494 e. The van der Waals surface area contributed by atoms with E-state index in [2.05, 4.69) is 31.0 Å². The Morgan fingerprint density at radius 1 is 1.12 bits per heavy atom. The first-order chi connectivity index (χ1) is 11.9. The molecule has 0 fully saturated rings. The van der Waals surface area contributed by atoms with Gasteiger partial charge in [0, 0.05) is 38.1 Å². The molecular formula is C20H26FN3O. The molecule has 0 heterocycles. The Balaban J connectivity index is 2.36. The zero-order valence-electron chi connectivity index (χ0n) is 15.8. The van der Waals surface area contributed by atoms with E-state index < -0.39 is 0 Å². The van der Waals surface area contributed by atoms with Crippen LogP contribution in [0.3, 0.4) is 0 Å². The van der Waals surface area contributed by atoms with Gasteiger partial charge in [0.05, 0.1) is 19.1 Å². The molecule has 0 unspecified atom stereocenters. The number of aliphatic imine (C=N–C) groups is 1. The molecule has 0 aliphatic carbocycles. The first-order valence-corrected chi connectivity index (χ1v) is 8.30. The molecule has 134 valence electrons. The Morgan fingerprint density at radius 3 is 2.48 bits per heavy atom. The van der Waals surface area contributed by atoms with Crippen LogP contribution >= 0.6 is 0 Å². The van der Waals surface area contributed by atoms with Gasteiger partial charge in [-0.15, -0.1) is 0 Å². The largest absolute Gasteiger partial charge is 0.494 e. The zero-order valence-corrected chi connectivity index (χ0v) is 15.8. The van der Waals surface area contributed by atoms with E-state index in [1.165, 1.54) is 13.2 Å². The summed E-state index contributed by atoms with van der Waals surface area (Å²) in [6.07, 6.45) is 1.84. The van der Waals surface area contributed by atoms with Gasteiger partial charge in [-0.1, -0.05) is 0 Å². The van der Waals surface area contributed by atoms with Gasteiger partial charge in [0.25, 0.3) is 0 Å². The molecule has 25 heavy (non-hydrogen) atoms. The summed E-state index contributed by atoms with van der Waals surface area (Å²) in [7, 11) is 5.43. The summed E-state index contributed by atoms with van der Waals surface area (Å²) >= 11 is 0. The van der Waals surface area contributed by atoms with Gasteiger partial charge in [-0.2, -0.15) is 0 Å². The van der Waals surface area contributed by atoms with E-state index in [1.807, 2.05) is 37.2 Å². The molecule has 0 saturated carbocycles. The topological polar surface area (TPSA) is 28.1 Å². The van der Waals surface area contributed by atoms with E-state index in [0.717, 1.165) is 34.7 Å². The van der Waals surface area contributed by atoms with Crippen LogP contribution in [0.25, 0.3) is 0 Å². The van der Waals surface area contributed by atoms with Crippen molar-refractivity contribution in [2.75, 3.05) is 32.6 Å². The summed E-state index contributed by atoms with van der Waals surface area (Å²) in [5.41, 5.74) is 5.05. The summed E-state index contributed by atoms with van der Waals surface area (Å²) in [6.45, 7) is 7.09. The van der Waals surface area contributed by atoms with E-state index in [0.29, 0.717) is 0 Å². The van der Waals surface area contributed by atoms with Crippen LogP contribution in [0.4, 0.5) is 21.5 Å². The van der Waals surface area contributed by atoms with Crippen molar-refractivity contribution in [2.24, 2.45) is 4.99 Å². The lowest BCUT2D eigenvalue weighted by molar-refractivity contribution is 0.386. The minimum atomic E-state index is -0.364. The van der Waals surface area contributed by atoms with Crippen molar-refractivity contribution >= 4 is 23.4 Å². The Labute approximate surface area is 149 Å². The predicted molar refractivity (Wildman–Crippen MR) is 103 cm³/mol. The summed E-state index contributed by atoms with van der Waals surface area (Å²) in [6, 6.07) is 9.04. The van der Waals surface area contributed by atoms with Crippen LogP contribution in [-0.2, 0) is 0 Å². The summed E-state index contributed by atoms with van der Waals surface area (Å²) in [5, 5.41) is 0. The Hall–Kier alpha value is -2.56. The van der Waals surface area contributed by atoms with Crippen molar-refractivity contribution in [2.45, 2.75) is 20.8 Å². The molecule has 0 saturated heterocycles. The van der Waals surface area contributed by atoms with Crippen molar-refractivity contribution in [3.8, 4) is 5.75 Å². The average Bonchev–Trinajstić information content (AvgIpc) is 2.61. The molecule has 0 bridgehead atoms. The molecule has 0 aliphatic rings. The van der Waals surface area contributed by atoms with Crippen LogP contribution in [-0.4, -0.2) is 39.0 Å². The smallest absolute Gasteiger partial charge is 0.165 e. The highest BCUT2D eigenvalue weighted by Crippen LogP contribution is 2.34. The summed E-state index contributed by atoms with van der Waals surface area (Å²) < 4.78 is 18.7. The number of anilines is 2. The molecule has 2 rings (SSSR count). The van der Waals surface area contributed by atoms with E-state index in [1.54, 1.807) is 12.1 Å². The van der Waals surface area contributed by atoms with Crippen LogP contribution in [0.2, 0.25) is 0 Å². The molecule has 0 aromatic heterocycles. The van der Waals surface area contributed by atoms with Gasteiger partial charge in [-0.3, -0.25) is 0 Å². The average molecular weight is 343 g/mol. The highest BCUT2D eigenvalue weighted by atomic mass is 19.1. The molecule has 4 nitrogen and oxygen atoms in total. The highest BCUT2D eigenvalue weighted by molar-refractivity contribution is 5.72. The number of benzene rings is 2. The molecule has 2 aromatic rings. The van der Waals surface area contributed by atoms with Crippen LogP contribution in [0.1, 0.15) is 18.1 Å². The molecule has 0 amide bonds. The number of ether oxygens (including phenoxy) is 1. The number of rotatable bonds is 6. The third-order valence-electron chi connectivity index (χ3n) is 4.29. The molecule has 0 atom stereocenters. The van der Waals surface area contributed by atoms with E-state index in [9.17, 15) is 4.39 Å². The Bertz CT molecular complexity index is 774. The second kappa shape index (κ2) is 8.01. The van der Waals surface area contributed by atoms with Crippen LogP contribution in [0.15, 0.2) is 35.3 Å². The maximum Gasteiger partial charge on any atom is 0.165 e. The zero-order chi connectivity index (χ0) is 18.6. The standard InChI is InChI=1S/C20H26FN3O/c1-7-23(4)13-22-18-10-15(3)19(11-14(18)2)24(5)16-8-9-17(21)20(12-16)25-6/h8-13H,7H2,1-6H3/b22-13+. The molecule has 0 spiro atoms. The molecule has 2 aromatic carbocycles. The van der Waals surface area contributed by atoms with Crippen molar-refractivity contribution in [1.29, 1.82) is 0 Å². The maximum absolute atomic E-state index is 13.6. The first kappa shape index (κ1) is 18.8. The fourth-order valence-corrected chi connectivity index (χ4v) is 2.52. The van der Waals surface area contributed by atoms with E-state index >= 15 is 0 Å². The SMILES string of the molecule is CCN(C)/C=N/c1cc(C)c(N(C)c2ccc(F)c(OC)c2)cc1C. The monoisotopic (exact) mass is 343 g/mol. The van der Waals surface area contributed by atoms with Crippen LogP contribution in [0, 0.1) is 19.7 Å². The third-order valence-corrected chi connectivity index (χ3v) is 4.29. The van der Waals surface area contributed by atoms with Gasteiger partial charge in [0.15, 0.2) is 11.6 Å². The van der Waals surface area contributed by atoms with Crippen molar-refractivity contribution < 1.29 is 9.13 Å². The quantitative estimate of drug-likeness (QED) is 0.555. The van der Waals surface area contributed by atoms with Gasteiger partial charge >= 0.3 is 0 Å². The van der Waals surface area contributed by atoms with Crippen molar-refractivity contribution in [3.05, 3.63) is 47.3 Å². The first-order valence-electron chi connectivity index (χ1n) is 8.30. The van der Waals surface area contributed by atoms with Gasteiger partial charge in [0.2, 0.25) is 0 Å². The normalized spacial score (nSPS) is 11.0. The second-order valence-corrected chi connectivity index (χ2v) is 6.12. The lowest BCUT2D eigenvalue weighted by Crippen LogP contribution is -2.14.